The van der Waals surface area contributed by atoms with E-state index < -0.39 is 6.10 Å². The Morgan fingerprint density at radius 1 is 1.19 bits per heavy atom. The summed E-state index contributed by atoms with van der Waals surface area (Å²) in [4.78, 5) is 0. The largest absolute Gasteiger partial charge is 0.493 e. The zero-order valence-corrected chi connectivity index (χ0v) is 20.1. The lowest BCUT2D eigenvalue weighted by Gasteiger charge is -2.17. The van der Waals surface area contributed by atoms with Crippen LogP contribution in [0.5, 0.6) is 23.0 Å². The number of fused-ring (bicyclic) bond motifs is 1. The van der Waals surface area contributed by atoms with Gasteiger partial charge in [0, 0.05) is 19.8 Å². The molecule has 0 radical (unpaired) electrons. The van der Waals surface area contributed by atoms with Gasteiger partial charge in [0.15, 0.2) is 23.0 Å². The van der Waals surface area contributed by atoms with Gasteiger partial charge in [-0.15, -0.1) is 12.4 Å². The number of hydrogen-bond acceptors (Lipinski definition) is 7. The minimum atomic E-state index is -0.817. The quantitative estimate of drug-likeness (QED) is 0.407. The van der Waals surface area contributed by atoms with Crippen molar-refractivity contribution in [2.45, 2.75) is 26.0 Å². The second kappa shape index (κ2) is 13.0. The Morgan fingerprint density at radius 2 is 2.00 bits per heavy atom. The van der Waals surface area contributed by atoms with Crippen molar-refractivity contribution in [2.75, 3.05) is 40.3 Å². The number of methoxy groups -OCH3 is 1. The summed E-state index contributed by atoms with van der Waals surface area (Å²) in [6.07, 6.45) is 0.147. The van der Waals surface area contributed by atoms with Crippen molar-refractivity contribution < 1.29 is 28.8 Å². The van der Waals surface area contributed by atoms with E-state index in [-0.39, 0.29) is 25.8 Å². The van der Waals surface area contributed by atoms with Crippen LogP contribution in [-0.2, 0) is 11.3 Å². The van der Waals surface area contributed by atoms with Crippen LogP contribution in [0.1, 0.15) is 30.6 Å². The van der Waals surface area contributed by atoms with Crippen LogP contribution >= 0.6 is 28.3 Å². The van der Waals surface area contributed by atoms with E-state index in [4.69, 9.17) is 23.7 Å². The molecule has 0 saturated carbocycles. The molecule has 2 aromatic rings. The first kappa shape index (κ1) is 25.5. The molecule has 0 aliphatic carbocycles. The molecule has 2 aromatic carbocycles. The number of rotatable bonds is 12. The number of hydrogen-bond donors (Lipinski definition) is 2. The number of benzene rings is 2. The molecule has 0 spiro atoms. The van der Waals surface area contributed by atoms with Gasteiger partial charge in [-0.2, -0.15) is 0 Å². The molecule has 1 aliphatic heterocycles. The fourth-order valence-corrected chi connectivity index (χ4v) is 3.67. The van der Waals surface area contributed by atoms with Crippen LogP contribution in [0, 0.1) is 0 Å². The van der Waals surface area contributed by atoms with Crippen LogP contribution in [0.2, 0.25) is 0 Å². The summed E-state index contributed by atoms with van der Waals surface area (Å²) >= 11 is 3.56. The molecule has 1 aliphatic rings. The molecular formula is C22H29BrClNO6. The molecule has 1 atom stereocenters. The number of ether oxygens (including phenoxy) is 5. The number of aliphatic hydroxyl groups is 1. The highest BCUT2D eigenvalue weighted by Gasteiger charge is 2.19. The molecule has 0 aromatic heterocycles. The molecule has 7 nitrogen and oxygen atoms in total. The molecule has 31 heavy (non-hydrogen) atoms. The van der Waals surface area contributed by atoms with Gasteiger partial charge in [0.2, 0.25) is 6.79 Å². The van der Waals surface area contributed by atoms with Gasteiger partial charge >= 0.3 is 0 Å². The highest BCUT2D eigenvalue weighted by molar-refractivity contribution is 9.10. The Kier molecular flexibility index (Phi) is 10.7. The van der Waals surface area contributed by atoms with E-state index in [1.54, 1.807) is 25.3 Å². The summed E-state index contributed by atoms with van der Waals surface area (Å²) in [6, 6.07) is 9.27. The number of halogens is 2. The summed E-state index contributed by atoms with van der Waals surface area (Å²) in [5.74, 6) is 2.47. The lowest BCUT2D eigenvalue weighted by Crippen LogP contribution is -2.16. The van der Waals surface area contributed by atoms with E-state index in [1.807, 2.05) is 19.1 Å². The zero-order valence-electron chi connectivity index (χ0n) is 17.7. The maximum Gasteiger partial charge on any atom is 0.231 e. The fourth-order valence-electron chi connectivity index (χ4n) is 3.07. The maximum absolute atomic E-state index is 10.5. The minimum Gasteiger partial charge on any atom is -0.493 e. The second-order valence-electron chi connectivity index (χ2n) is 6.78. The molecular weight excluding hydrogens is 490 g/mol. The normalized spacial score (nSPS) is 12.9. The Balaban J connectivity index is 0.00000341. The van der Waals surface area contributed by atoms with E-state index in [9.17, 15) is 5.11 Å². The highest BCUT2D eigenvalue weighted by Crippen LogP contribution is 2.38. The minimum absolute atomic E-state index is 0. The fraction of sp³-hybridized carbons (Fsp3) is 0.455. The monoisotopic (exact) mass is 517 g/mol. The predicted molar refractivity (Wildman–Crippen MR) is 124 cm³/mol. The number of aliphatic hydroxyl groups excluding tert-OH is 1. The first-order chi connectivity index (χ1) is 14.6. The van der Waals surface area contributed by atoms with E-state index >= 15 is 0 Å². The SMILES string of the molecule is CCOCCCNCc1cc(Br)c(OCC(O)c2ccc3c(c2)OCO3)c(OC)c1.Cl. The van der Waals surface area contributed by atoms with Crippen LogP contribution < -0.4 is 24.3 Å². The molecule has 2 N–H and O–H groups in total. The van der Waals surface area contributed by atoms with Crippen LogP contribution in [0.25, 0.3) is 0 Å². The van der Waals surface area contributed by atoms with Gasteiger partial charge in [-0.25, -0.2) is 0 Å². The molecule has 9 heteroatoms. The molecule has 0 saturated heterocycles. The van der Waals surface area contributed by atoms with Gasteiger partial charge in [-0.1, -0.05) is 6.07 Å². The zero-order chi connectivity index (χ0) is 21.3. The average Bonchev–Trinajstić information content (AvgIpc) is 3.22. The smallest absolute Gasteiger partial charge is 0.231 e. The van der Waals surface area contributed by atoms with Gasteiger partial charge < -0.3 is 34.1 Å². The number of nitrogens with one attached hydrogen (secondary N) is 1. The van der Waals surface area contributed by atoms with Crippen molar-refractivity contribution in [2.24, 2.45) is 0 Å². The summed E-state index contributed by atoms with van der Waals surface area (Å²) < 4.78 is 28.2. The van der Waals surface area contributed by atoms with Gasteiger partial charge in [-0.3, -0.25) is 0 Å². The summed E-state index contributed by atoms with van der Waals surface area (Å²) in [6.45, 7) is 5.35. The first-order valence-electron chi connectivity index (χ1n) is 9.97. The second-order valence-corrected chi connectivity index (χ2v) is 7.63. The van der Waals surface area contributed by atoms with E-state index in [1.165, 1.54) is 0 Å². The molecule has 0 fully saturated rings. The maximum atomic E-state index is 10.5. The third-order valence-electron chi connectivity index (χ3n) is 4.63. The van der Waals surface area contributed by atoms with Gasteiger partial charge in [0.05, 0.1) is 11.6 Å². The van der Waals surface area contributed by atoms with Crippen molar-refractivity contribution in [1.82, 2.24) is 5.32 Å². The van der Waals surface area contributed by atoms with Crippen molar-refractivity contribution in [3.63, 3.8) is 0 Å². The lowest BCUT2D eigenvalue weighted by atomic mass is 10.1. The van der Waals surface area contributed by atoms with Crippen LogP contribution in [0.15, 0.2) is 34.8 Å². The van der Waals surface area contributed by atoms with Gasteiger partial charge in [0.1, 0.15) is 12.7 Å². The summed E-state index contributed by atoms with van der Waals surface area (Å²) in [5.41, 5.74) is 1.76. The Bertz CT molecular complexity index is 838. The molecule has 1 unspecified atom stereocenters. The molecule has 0 amide bonds. The predicted octanol–water partition coefficient (Wildman–Crippen LogP) is 4.24. The summed E-state index contributed by atoms with van der Waals surface area (Å²) in [7, 11) is 1.60. The van der Waals surface area contributed by atoms with Gasteiger partial charge in [0.25, 0.3) is 0 Å². The standard InChI is InChI=1S/C22H28BrNO6.ClH/c1-3-27-8-4-7-24-12-15-9-17(23)22(21(10-15)26-2)28-13-18(25)16-5-6-19-20(11-16)30-14-29-19;/h5-6,9-11,18,24-25H,3-4,7-8,12-14H2,1-2H3;1H. The average molecular weight is 519 g/mol. The van der Waals surface area contributed by atoms with E-state index in [2.05, 4.69) is 21.2 Å². The Hall–Kier alpha value is -1.71. The Labute approximate surface area is 197 Å². The van der Waals surface area contributed by atoms with Crippen LogP contribution in [0.4, 0.5) is 0 Å². The molecule has 0 bridgehead atoms. The summed E-state index contributed by atoms with van der Waals surface area (Å²) in [5, 5.41) is 13.9. The molecule has 3 rings (SSSR count). The third-order valence-corrected chi connectivity index (χ3v) is 5.22. The molecule has 172 valence electrons. The van der Waals surface area contributed by atoms with Gasteiger partial charge in [-0.05, 0) is 71.2 Å². The third kappa shape index (κ3) is 7.15. The van der Waals surface area contributed by atoms with E-state index in [0.717, 1.165) is 36.2 Å². The highest BCUT2D eigenvalue weighted by atomic mass is 79.9. The van der Waals surface area contributed by atoms with Crippen molar-refractivity contribution in [3.05, 3.63) is 45.9 Å². The van der Waals surface area contributed by atoms with Crippen molar-refractivity contribution >= 4 is 28.3 Å². The first-order valence-corrected chi connectivity index (χ1v) is 10.8. The van der Waals surface area contributed by atoms with Crippen molar-refractivity contribution in [1.29, 1.82) is 0 Å². The van der Waals surface area contributed by atoms with Crippen LogP contribution in [0.3, 0.4) is 0 Å². The Morgan fingerprint density at radius 3 is 2.77 bits per heavy atom. The topological polar surface area (TPSA) is 78.4 Å². The lowest BCUT2D eigenvalue weighted by molar-refractivity contribution is 0.105. The van der Waals surface area contributed by atoms with Crippen LogP contribution in [-0.4, -0.2) is 45.4 Å². The van der Waals surface area contributed by atoms with E-state index in [0.29, 0.717) is 35.1 Å². The van der Waals surface area contributed by atoms with Crippen molar-refractivity contribution in [3.8, 4) is 23.0 Å². The molecule has 1 heterocycles.